The molecule has 1 atom stereocenters. The first-order chi connectivity index (χ1) is 16.5. The molecule has 0 aliphatic rings. The second kappa shape index (κ2) is 13.6. The van der Waals surface area contributed by atoms with Crippen molar-refractivity contribution in [2.75, 3.05) is 0 Å². The van der Waals surface area contributed by atoms with Crippen molar-refractivity contribution >= 4 is 13.0 Å². The minimum atomic E-state index is -1.30. The van der Waals surface area contributed by atoms with Crippen molar-refractivity contribution in [3.63, 3.8) is 0 Å². The van der Waals surface area contributed by atoms with Crippen LogP contribution in [0.4, 0.5) is 0 Å². The standard InChI is InChI=1S/C25H34BN5O3/c27-22(13-7-8-18-26(33)34)28-25(32)19-31-24(17-15-21-11-5-2-6-12-21)29-23(30-31)16-14-20-9-3-1-4-10-20/h1-6,9-12,22,33-34H,7-8,13-19,27H2,(H,28,32)/t22-/m1/s1. The molecule has 8 nitrogen and oxygen atoms in total. The molecule has 0 bridgehead atoms. The molecule has 3 rings (SSSR count). The Morgan fingerprint density at radius 2 is 1.56 bits per heavy atom. The number of hydrogen-bond acceptors (Lipinski definition) is 6. The number of nitrogens with one attached hydrogen (secondary N) is 1. The van der Waals surface area contributed by atoms with E-state index in [0.717, 1.165) is 24.5 Å². The van der Waals surface area contributed by atoms with E-state index in [-0.39, 0.29) is 12.5 Å². The molecule has 0 unspecified atom stereocenters. The number of carbonyl (C=O) groups excluding carboxylic acids is 1. The average Bonchev–Trinajstić information content (AvgIpc) is 3.21. The van der Waals surface area contributed by atoms with E-state index in [0.29, 0.717) is 38.4 Å². The van der Waals surface area contributed by atoms with E-state index in [2.05, 4.69) is 34.7 Å². The Labute approximate surface area is 201 Å². The highest BCUT2D eigenvalue weighted by Crippen LogP contribution is 2.10. The summed E-state index contributed by atoms with van der Waals surface area (Å²) >= 11 is 0. The van der Waals surface area contributed by atoms with Crippen LogP contribution in [0, 0.1) is 0 Å². The third-order valence-corrected chi connectivity index (χ3v) is 5.62. The van der Waals surface area contributed by atoms with Gasteiger partial charge in [0, 0.05) is 12.8 Å². The van der Waals surface area contributed by atoms with E-state index < -0.39 is 13.3 Å². The van der Waals surface area contributed by atoms with Gasteiger partial charge in [0.1, 0.15) is 12.4 Å². The fraction of sp³-hybridized carbons (Fsp3) is 0.400. The van der Waals surface area contributed by atoms with Crippen molar-refractivity contribution in [2.45, 2.75) is 64.0 Å². The third-order valence-electron chi connectivity index (χ3n) is 5.62. The van der Waals surface area contributed by atoms with Crippen molar-refractivity contribution in [1.82, 2.24) is 20.1 Å². The van der Waals surface area contributed by atoms with Crippen LogP contribution in [0.1, 0.15) is 42.0 Å². The molecule has 180 valence electrons. The molecule has 34 heavy (non-hydrogen) atoms. The van der Waals surface area contributed by atoms with E-state index in [9.17, 15) is 4.79 Å². The first-order valence-corrected chi connectivity index (χ1v) is 11.9. The first kappa shape index (κ1) is 25.6. The summed E-state index contributed by atoms with van der Waals surface area (Å²) in [5.74, 6) is 1.30. The lowest BCUT2D eigenvalue weighted by atomic mass is 9.83. The number of rotatable bonds is 14. The summed E-state index contributed by atoms with van der Waals surface area (Å²) in [4.78, 5) is 17.4. The Balaban J connectivity index is 1.59. The molecule has 9 heteroatoms. The summed E-state index contributed by atoms with van der Waals surface area (Å²) in [6.45, 7) is 0.0610. The van der Waals surface area contributed by atoms with Crippen LogP contribution in [0.3, 0.4) is 0 Å². The van der Waals surface area contributed by atoms with Gasteiger partial charge in [0.25, 0.3) is 0 Å². The quantitative estimate of drug-likeness (QED) is 0.164. The number of benzene rings is 2. The second-order valence-electron chi connectivity index (χ2n) is 8.51. The summed E-state index contributed by atoms with van der Waals surface area (Å²) in [5, 5.41) is 25.3. The average molecular weight is 463 g/mol. The Hall–Kier alpha value is -3.01. The zero-order valence-electron chi connectivity index (χ0n) is 19.5. The smallest absolute Gasteiger partial charge is 0.427 e. The number of aromatic nitrogens is 3. The zero-order valence-corrected chi connectivity index (χ0v) is 19.5. The highest BCUT2D eigenvalue weighted by atomic mass is 16.4. The van der Waals surface area contributed by atoms with Gasteiger partial charge in [-0.3, -0.25) is 4.79 Å². The van der Waals surface area contributed by atoms with Gasteiger partial charge in [-0.05, 0) is 36.7 Å². The molecule has 0 aliphatic carbocycles. The summed E-state index contributed by atoms with van der Waals surface area (Å²) < 4.78 is 1.69. The highest BCUT2D eigenvalue weighted by molar-refractivity contribution is 6.40. The van der Waals surface area contributed by atoms with Crippen LogP contribution in [0.5, 0.6) is 0 Å². The van der Waals surface area contributed by atoms with Crippen molar-refractivity contribution in [3.8, 4) is 0 Å². The maximum Gasteiger partial charge on any atom is 0.451 e. The van der Waals surface area contributed by atoms with Gasteiger partial charge in [0.05, 0.1) is 6.17 Å². The normalized spacial score (nSPS) is 11.9. The molecule has 1 heterocycles. The number of unbranched alkanes of at least 4 members (excludes halogenated alkanes) is 1. The van der Waals surface area contributed by atoms with E-state index in [4.69, 9.17) is 20.8 Å². The van der Waals surface area contributed by atoms with Gasteiger partial charge in [0.2, 0.25) is 5.91 Å². The molecule has 2 aromatic carbocycles. The van der Waals surface area contributed by atoms with Crippen molar-refractivity contribution in [3.05, 3.63) is 83.4 Å². The molecule has 0 spiro atoms. The van der Waals surface area contributed by atoms with Crippen LogP contribution in [-0.2, 0) is 37.0 Å². The van der Waals surface area contributed by atoms with Gasteiger partial charge in [-0.2, -0.15) is 5.10 Å². The summed E-state index contributed by atoms with van der Waals surface area (Å²) in [6, 6.07) is 20.4. The monoisotopic (exact) mass is 463 g/mol. The minimum Gasteiger partial charge on any atom is -0.427 e. The molecule has 0 saturated carbocycles. The number of aryl methyl sites for hydroxylation is 4. The van der Waals surface area contributed by atoms with Crippen LogP contribution in [0.2, 0.25) is 6.32 Å². The lowest BCUT2D eigenvalue weighted by Crippen LogP contribution is -2.43. The zero-order chi connectivity index (χ0) is 24.2. The fourth-order valence-electron chi connectivity index (χ4n) is 3.80. The van der Waals surface area contributed by atoms with Crippen LogP contribution >= 0.6 is 0 Å². The van der Waals surface area contributed by atoms with Gasteiger partial charge in [0.15, 0.2) is 5.82 Å². The summed E-state index contributed by atoms with van der Waals surface area (Å²) in [6.07, 6.45) is 4.76. The Bertz CT molecular complexity index is 998. The maximum atomic E-state index is 12.6. The number of hydrogen-bond donors (Lipinski definition) is 4. The third kappa shape index (κ3) is 9.09. The number of amides is 1. The molecular weight excluding hydrogens is 429 g/mol. The highest BCUT2D eigenvalue weighted by Gasteiger charge is 2.15. The topological polar surface area (TPSA) is 126 Å². The predicted octanol–water partition coefficient (Wildman–Crippen LogP) is 1.89. The van der Waals surface area contributed by atoms with Gasteiger partial charge in [-0.15, -0.1) is 0 Å². The second-order valence-corrected chi connectivity index (χ2v) is 8.51. The van der Waals surface area contributed by atoms with E-state index >= 15 is 0 Å². The van der Waals surface area contributed by atoms with Gasteiger partial charge in [-0.25, -0.2) is 9.67 Å². The fourth-order valence-corrected chi connectivity index (χ4v) is 3.80. The Morgan fingerprint density at radius 3 is 2.18 bits per heavy atom. The molecule has 0 aliphatic heterocycles. The molecule has 5 N–H and O–H groups in total. The lowest BCUT2D eigenvalue weighted by Gasteiger charge is -2.14. The molecule has 0 radical (unpaired) electrons. The van der Waals surface area contributed by atoms with Crippen LogP contribution in [0.15, 0.2) is 60.7 Å². The summed E-state index contributed by atoms with van der Waals surface area (Å²) in [7, 11) is -1.30. The van der Waals surface area contributed by atoms with Crippen molar-refractivity contribution in [2.24, 2.45) is 5.73 Å². The number of nitrogens with zero attached hydrogens (tertiary/aromatic N) is 3. The Kier molecular flexibility index (Phi) is 10.3. The predicted molar refractivity (Wildman–Crippen MR) is 133 cm³/mol. The SMILES string of the molecule is N[C@@H](CCCCB(O)O)NC(=O)Cn1nc(CCc2ccccc2)nc1CCc1ccccc1. The molecule has 0 saturated heterocycles. The van der Waals surface area contributed by atoms with Crippen LogP contribution in [0.25, 0.3) is 0 Å². The molecule has 1 aromatic heterocycles. The largest absolute Gasteiger partial charge is 0.451 e. The maximum absolute atomic E-state index is 12.6. The van der Waals surface area contributed by atoms with Gasteiger partial charge < -0.3 is 21.1 Å². The molecule has 3 aromatic rings. The summed E-state index contributed by atoms with van der Waals surface area (Å²) in [5.41, 5.74) is 8.47. The van der Waals surface area contributed by atoms with Crippen LogP contribution in [-0.4, -0.2) is 44.0 Å². The van der Waals surface area contributed by atoms with Crippen molar-refractivity contribution < 1.29 is 14.8 Å². The van der Waals surface area contributed by atoms with Crippen LogP contribution < -0.4 is 11.1 Å². The Morgan fingerprint density at radius 1 is 0.941 bits per heavy atom. The number of nitrogens with two attached hydrogens (primary N) is 1. The molecule has 0 fully saturated rings. The lowest BCUT2D eigenvalue weighted by molar-refractivity contribution is -0.122. The molecule has 1 amide bonds. The van der Waals surface area contributed by atoms with E-state index in [1.54, 1.807) is 4.68 Å². The van der Waals surface area contributed by atoms with Gasteiger partial charge in [-0.1, -0.05) is 73.5 Å². The van der Waals surface area contributed by atoms with E-state index in [1.165, 1.54) is 11.1 Å². The van der Waals surface area contributed by atoms with Crippen molar-refractivity contribution in [1.29, 1.82) is 0 Å². The van der Waals surface area contributed by atoms with E-state index in [1.807, 2.05) is 36.4 Å². The number of carbonyl (C=O) groups is 1. The minimum absolute atomic E-state index is 0.0610. The van der Waals surface area contributed by atoms with Gasteiger partial charge >= 0.3 is 7.12 Å². The molecular formula is C25H34BN5O3. The first-order valence-electron chi connectivity index (χ1n) is 11.9.